The van der Waals surface area contributed by atoms with Crippen LogP contribution < -0.4 is 5.73 Å². The Hall–Kier alpha value is -0.120. The van der Waals surface area contributed by atoms with E-state index in [0.717, 1.165) is 32.1 Å². The molecule has 1 atom stereocenters. The van der Waals surface area contributed by atoms with Crippen LogP contribution in [0, 0.1) is 0 Å². The summed E-state index contributed by atoms with van der Waals surface area (Å²) in [4.78, 5) is 2.55. The average molecular weight is 200 g/mol. The first kappa shape index (κ1) is 12.0. The van der Waals surface area contributed by atoms with Crippen LogP contribution in [0.25, 0.3) is 0 Å². The maximum absolute atomic E-state index is 5.54. The van der Waals surface area contributed by atoms with Gasteiger partial charge in [0, 0.05) is 19.7 Å². The fourth-order valence-electron chi connectivity index (χ4n) is 1.87. The van der Waals surface area contributed by atoms with Crippen molar-refractivity contribution in [1.29, 1.82) is 0 Å². The summed E-state index contributed by atoms with van der Waals surface area (Å²) in [5.74, 6) is 0. The highest BCUT2D eigenvalue weighted by Gasteiger charge is 2.25. The van der Waals surface area contributed by atoms with Crippen LogP contribution in [0.3, 0.4) is 0 Å². The average Bonchev–Trinajstić information content (AvgIpc) is 2.11. The first-order valence-electron chi connectivity index (χ1n) is 5.74. The maximum Gasteiger partial charge on any atom is 0.0670 e. The minimum absolute atomic E-state index is 0.341. The van der Waals surface area contributed by atoms with Crippen LogP contribution in [0.4, 0.5) is 0 Å². The fourth-order valence-corrected chi connectivity index (χ4v) is 1.87. The molecule has 1 rings (SSSR count). The van der Waals surface area contributed by atoms with Gasteiger partial charge in [-0.2, -0.15) is 0 Å². The molecule has 0 aromatic carbocycles. The standard InChI is InChI=1S/C11H24N2O/c1-10(14-2)9-13(8-4-7-12)11-5-3-6-11/h10-11H,3-9,12H2,1-2H3. The van der Waals surface area contributed by atoms with Gasteiger partial charge in [-0.15, -0.1) is 0 Å². The summed E-state index contributed by atoms with van der Waals surface area (Å²) >= 11 is 0. The smallest absolute Gasteiger partial charge is 0.0670 e. The number of rotatable bonds is 7. The number of nitrogens with zero attached hydrogens (tertiary/aromatic N) is 1. The molecule has 0 bridgehead atoms. The van der Waals surface area contributed by atoms with Gasteiger partial charge in [0.25, 0.3) is 0 Å². The summed E-state index contributed by atoms with van der Waals surface area (Å²) in [6.07, 6.45) is 5.56. The lowest BCUT2D eigenvalue weighted by molar-refractivity contribution is 0.0398. The molecule has 0 aliphatic heterocycles. The third-order valence-corrected chi connectivity index (χ3v) is 3.13. The van der Waals surface area contributed by atoms with Crippen molar-refractivity contribution in [2.24, 2.45) is 5.73 Å². The monoisotopic (exact) mass is 200 g/mol. The Morgan fingerprint density at radius 3 is 2.64 bits per heavy atom. The molecule has 0 aromatic rings. The van der Waals surface area contributed by atoms with Gasteiger partial charge in [-0.25, -0.2) is 0 Å². The molecule has 0 heterocycles. The van der Waals surface area contributed by atoms with Gasteiger partial charge in [0.1, 0.15) is 0 Å². The van der Waals surface area contributed by atoms with Gasteiger partial charge in [0.05, 0.1) is 6.10 Å². The summed E-state index contributed by atoms with van der Waals surface area (Å²) in [5, 5.41) is 0. The number of methoxy groups -OCH3 is 1. The normalized spacial score (nSPS) is 19.7. The lowest BCUT2D eigenvalue weighted by Gasteiger charge is -2.38. The van der Waals surface area contributed by atoms with Crippen LogP contribution in [0.15, 0.2) is 0 Å². The Bertz CT molecular complexity index is 148. The van der Waals surface area contributed by atoms with E-state index in [1.807, 2.05) is 0 Å². The zero-order valence-corrected chi connectivity index (χ0v) is 9.54. The van der Waals surface area contributed by atoms with Crippen LogP contribution in [-0.4, -0.2) is 43.8 Å². The van der Waals surface area contributed by atoms with Gasteiger partial charge in [-0.05, 0) is 39.3 Å². The largest absolute Gasteiger partial charge is 0.380 e. The SMILES string of the molecule is COC(C)CN(CCCN)C1CCC1. The summed E-state index contributed by atoms with van der Waals surface area (Å²) < 4.78 is 5.31. The first-order valence-corrected chi connectivity index (χ1v) is 5.74. The van der Waals surface area contributed by atoms with Gasteiger partial charge < -0.3 is 10.5 Å². The molecule has 1 aliphatic carbocycles. The van der Waals surface area contributed by atoms with Gasteiger partial charge in [0.15, 0.2) is 0 Å². The highest BCUT2D eigenvalue weighted by Crippen LogP contribution is 2.25. The van der Waals surface area contributed by atoms with E-state index in [4.69, 9.17) is 10.5 Å². The first-order chi connectivity index (χ1) is 6.77. The Morgan fingerprint density at radius 2 is 2.21 bits per heavy atom. The van der Waals surface area contributed by atoms with E-state index in [1.54, 1.807) is 7.11 Å². The van der Waals surface area contributed by atoms with E-state index < -0.39 is 0 Å². The van der Waals surface area contributed by atoms with Gasteiger partial charge in [-0.1, -0.05) is 6.42 Å². The third kappa shape index (κ3) is 3.56. The van der Waals surface area contributed by atoms with E-state index >= 15 is 0 Å². The van der Waals surface area contributed by atoms with Crippen molar-refractivity contribution in [2.45, 2.75) is 44.8 Å². The molecule has 2 N–H and O–H groups in total. The molecule has 1 aliphatic rings. The van der Waals surface area contributed by atoms with Gasteiger partial charge in [-0.3, -0.25) is 4.90 Å². The number of hydrogen-bond donors (Lipinski definition) is 1. The van der Waals surface area contributed by atoms with Gasteiger partial charge in [0.2, 0.25) is 0 Å². The quantitative estimate of drug-likeness (QED) is 0.671. The Labute approximate surface area is 87.6 Å². The third-order valence-electron chi connectivity index (χ3n) is 3.13. The van der Waals surface area contributed by atoms with Gasteiger partial charge >= 0.3 is 0 Å². The van der Waals surface area contributed by atoms with E-state index in [1.165, 1.54) is 19.3 Å². The number of ether oxygens (including phenoxy) is 1. The highest BCUT2D eigenvalue weighted by molar-refractivity contribution is 4.81. The molecule has 14 heavy (non-hydrogen) atoms. The lowest BCUT2D eigenvalue weighted by atomic mass is 9.91. The molecule has 84 valence electrons. The molecule has 3 nitrogen and oxygen atoms in total. The topological polar surface area (TPSA) is 38.5 Å². The molecule has 0 aromatic heterocycles. The molecule has 1 fully saturated rings. The van der Waals surface area contributed by atoms with Crippen molar-refractivity contribution < 1.29 is 4.74 Å². The summed E-state index contributed by atoms with van der Waals surface area (Å²) in [5.41, 5.74) is 5.54. The Balaban J connectivity index is 2.27. The van der Waals surface area contributed by atoms with Crippen LogP contribution in [0.1, 0.15) is 32.6 Å². The van der Waals surface area contributed by atoms with Crippen molar-refractivity contribution >= 4 is 0 Å². The van der Waals surface area contributed by atoms with Crippen LogP contribution in [-0.2, 0) is 4.74 Å². The fraction of sp³-hybridized carbons (Fsp3) is 1.00. The maximum atomic E-state index is 5.54. The molecule has 1 unspecified atom stereocenters. The Morgan fingerprint density at radius 1 is 1.50 bits per heavy atom. The molecule has 3 heteroatoms. The summed E-state index contributed by atoms with van der Waals surface area (Å²) in [6.45, 7) is 5.12. The summed E-state index contributed by atoms with van der Waals surface area (Å²) in [7, 11) is 1.78. The number of hydrogen-bond acceptors (Lipinski definition) is 3. The second kappa shape index (κ2) is 6.38. The zero-order valence-electron chi connectivity index (χ0n) is 9.54. The minimum Gasteiger partial charge on any atom is -0.380 e. The zero-order chi connectivity index (χ0) is 10.4. The van der Waals surface area contributed by atoms with E-state index in [9.17, 15) is 0 Å². The Kier molecular flexibility index (Phi) is 5.45. The molecule has 0 radical (unpaired) electrons. The van der Waals surface area contributed by atoms with Crippen LogP contribution in [0.5, 0.6) is 0 Å². The second-order valence-corrected chi connectivity index (χ2v) is 4.27. The van der Waals surface area contributed by atoms with Crippen LogP contribution >= 0.6 is 0 Å². The molecule has 0 spiro atoms. The molecular formula is C11H24N2O. The number of nitrogens with two attached hydrogens (primary N) is 1. The molecule has 0 saturated heterocycles. The predicted octanol–water partition coefficient (Wildman–Crippen LogP) is 1.22. The lowest BCUT2D eigenvalue weighted by Crippen LogP contribution is -2.44. The van der Waals surface area contributed by atoms with Crippen molar-refractivity contribution in [2.75, 3.05) is 26.7 Å². The summed E-state index contributed by atoms with van der Waals surface area (Å²) in [6, 6.07) is 0.805. The van der Waals surface area contributed by atoms with E-state index in [0.29, 0.717) is 6.10 Å². The van der Waals surface area contributed by atoms with Crippen LogP contribution in [0.2, 0.25) is 0 Å². The van der Waals surface area contributed by atoms with Crippen molar-refractivity contribution in [3.05, 3.63) is 0 Å². The van der Waals surface area contributed by atoms with Crippen molar-refractivity contribution in [1.82, 2.24) is 4.90 Å². The van der Waals surface area contributed by atoms with Crippen molar-refractivity contribution in [3.8, 4) is 0 Å². The molecule has 1 saturated carbocycles. The second-order valence-electron chi connectivity index (χ2n) is 4.27. The molecular weight excluding hydrogens is 176 g/mol. The van der Waals surface area contributed by atoms with E-state index in [-0.39, 0.29) is 0 Å². The highest BCUT2D eigenvalue weighted by atomic mass is 16.5. The minimum atomic E-state index is 0.341. The molecule has 0 amide bonds. The van der Waals surface area contributed by atoms with Crippen molar-refractivity contribution in [3.63, 3.8) is 0 Å². The predicted molar refractivity (Wildman–Crippen MR) is 59.4 cm³/mol. The van der Waals surface area contributed by atoms with E-state index in [2.05, 4.69) is 11.8 Å².